The number of rotatable bonds is 4. The van der Waals surface area contributed by atoms with Gasteiger partial charge in [0.1, 0.15) is 6.10 Å². The molecule has 0 aromatic carbocycles. The zero-order valence-electron chi connectivity index (χ0n) is 13.1. The smallest absolute Gasteiger partial charge is 0.249 e. The van der Waals surface area contributed by atoms with Gasteiger partial charge in [-0.05, 0) is 32.1 Å². The predicted molar refractivity (Wildman–Crippen MR) is 81.1 cm³/mol. The molecule has 1 saturated carbocycles. The molecular weight excluding hydrogens is 280 g/mol. The second kappa shape index (κ2) is 5.66. The Morgan fingerprint density at radius 2 is 2.23 bits per heavy atom. The van der Waals surface area contributed by atoms with E-state index in [9.17, 15) is 4.79 Å². The molecule has 4 rings (SSSR count). The summed E-state index contributed by atoms with van der Waals surface area (Å²) in [7, 11) is 1.95. The Bertz CT molecular complexity index is 554. The summed E-state index contributed by atoms with van der Waals surface area (Å²) in [5.41, 5.74) is 1.25. The molecular formula is C16H24N4O2. The third-order valence-corrected chi connectivity index (χ3v) is 5.02. The molecule has 0 spiro atoms. The number of aromatic nitrogens is 2. The average Bonchev–Trinajstić information content (AvgIpc) is 3.09. The van der Waals surface area contributed by atoms with Gasteiger partial charge >= 0.3 is 0 Å². The van der Waals surface area contributed by atoms with Crippen molar-refractivity contribution in [3.63, 3.8) is 0 Å². The van der Waals surface area contributed by atoms with Gasteiger partial charge in [-0.15, -0.1) is 0 Å². The number of ether oxygens (including phenoxy) is 1. The van der Waals surface area contributed by atoms with E-state index in [1.54, 1.807) is 0 Å². The second-order valence-corrected chi connectivity index (χ2v) is 6.87. The molecule has 3 atom stereocenters. The molecule has 0 radical (unpaired) electrons. The number of nitrogens with one attached hydrogen (secondary N) is 1. The van der Waals surface area contributed by atoms with Crippen molar-refractivity contribution >= 4 is 5.91 Å². The molecule has 3 fully saturated rings. The maximum Gasteiger partial charge on any atom is 0.249 e. The van der Waals surface area contributed by atoms with Crippen molar-refractivity contribution in [3.05, 3.63) is 18.0 Å². The van der Waals surface area contributed by atoms with Gasteiger partial charge in [-0.1, -0.05) is 0 Å². The van der Waals surface area contributed by atoms with Crippen molar-refractivity contribution in [2.75, 3.05) is 6.54 Å². The Balaban J connectivity index is 1.34. The van der Waals surface area contributed by atoms with Gasteiger partial charge in [0.2, 0.25) is 5.91 Å². The van der Waals surface area contributed by atoms with Gasteiger partial charge in [0.05, 0.1) is 12.3 Å². The summed E-state index contributed by atoms with van der Waals surface area (Å²) in [5, 5.41) is 7.31. The molecule has 1 amide bonds. The lowest BCUT2D eigenvalue weighted by Gasteiger charge is -2.35. The maximum absolute atomic E-state index is 12.2. The van der Waals surface area contributed by atoms with Crippen LogP contribution in [0, 0.1) is 0 Å². The number of carbonyl (C=O) groups is 1. The van der Waals surface area contributed by atoms with Crippen LogP contribution in [0.25, 0.3) is 0 Å². The first kappa shape index (κ1) is 14.2. The topological polar surface area (TPSA) is 59.4 Å². The van der Waals surface area contributed by atoms with Crippen LogP contribution in [0.1, 0.15) is 37.7 Å². The third kappa shape index (κ3) is 2.90. The fourth-order valence-electron chi connectivity index (χ4n) is 3.71. The molecule has 1 aromatic heterocycles. The fourth-order valence-corrected chi connectivity index (χ4v) is 3.71. The van der Waals surface area contributed by atoms with E-state index in [1.165, 1.54) is 5.56 Å². The van der Waals surface area contributed by atoms with Crippen LogP contribution < -0.4 is 5.32 Å². The minimum atomic E-state index is -0.236. The van der Waals surface area contributed by atoms with E-state index in [0.717, 1.165) is 45.2 Å². The van der Waals surface area contributed by atoms with E-state index in [2.05, 4.69) is 21.5 Å². The average molecular weight is 304 g/mol. The summed E-state index contributed by atoms with van der Waals surface area (Å²) < 4.78 is 7.95. The number of amides is 1. The molecule has 120 valence electrons. The lowest BCUT2D eigenvalue weighted by atomic mass is 9.98. The number of aryl methyl sites for hydroxylation is 1. The SMILES string of the molecule is Cn1cc(CN2CC[C@H]3O[C@@H](C(=O)NC4CC4)CC[C@H]32)cn1. The highest BCUT2D eigenvalue weighted by molar-refractivity contribution is 5.81. The first-order chi connectivity index (χ1) is 10.7. The van der Waals surface area contributed by atoms with E-state index in [-0.39, 0.29) is 18.1 Å². The van der Waals surface area contributed by atoms with E-state index >= 15 is 0 Å². The summed E-state index contributed by atoms with van der Waals surface area (Å²) >= 11 is 0. The van der Waals surface area contributed by atoms with Crippen molar-refractivity contribution in [3.8, 4) is 0 Å². The molecule has 6 nitrogen and oxygen atoms in total. The van der Waals surface area contributed by atoms with E-state index < -0.39 is 0 Å². The number of nitrogens with zero attached hydrogens (tertiary/aromatic N) is 3. The van der Waals surface area contributed by atoms with Crippen LogP contribution in [-0.4, -0.2) is 51.4 Å². The highest BCUT2D eigenvalue weighted by atomic mass is 16.5. The minimum absolute atomic E-state index is 0.103. The van der Waals surface area contributed by atoms with E-state index in [1.807, 2.05) is 17.9 Å². The zero-order chi connectivity index (χ0) is 15.1. The van der Waals surface area contributed by atoms with E-state index in [0.29, 0.717) is 12.1 Å². The summed E-state index contributed by atoms with van der Waals surface area (Å²) in [5.74, 6) is 0.103. The normalized spacial score (nSPS) is 32.0. The van der Waals surface area contributed by atoms with Crippen molar-refractivity contribution in [2.24, 2.45) is 7.05 Å². The first-order valence-electron chi connectivity index (χ1n) is 8.36. The summed E-state index contributed by atoms with van der Waals surface area (Å²) in [4.78, 5) is 14.6. The lowest BCUT2D eigenvalue weighted by Crippen LogP contribution is -2.48. The first-order valence-corrected chi connectivity index (χ1v) is 8.36. The maximum atomic E-state index is 12.2. The quantitative estimate of drug-likeness (QED) is 0.895. The van der Waals surface area contributed by atoms with E-state index in [4.69, 9.17) is 4.74 Å². The summed E-state index contributed by atoms with van der Waals surface area (Å²) in [6.07, 6.45) is 9.15. The molecule has 6 heteroatoms. The number of hydrogen-bond donors (Lipinski definition) is 1. The zero-order valence-corrected chi connectivity index (χ0v) is 13.1. The standard InChI is InChI=1S/C16H24N4O2/c1-19-9-11(8-17-19)10-20-7-6-14-13(20)4-5-15(22-14)16(21)18-12-2-3-12/h8-9,12-15H,2-7,10H2,1H3,(H,18,21)/t13-,14-,15-/m1/s1. The number of likely N-dealkylation sites (tertiary alicyclic amines) is 1. The van der Waals surface area contributed by atoms with Crippen LogP contribution in [0.2, 0.25) is 0 Å². The Labute approximate surface area is 130 Å². The van der Waals surface area contributed by atoms with Crippen LogP contribution in [0.15, 0.2) is 12.4 Å². The molecule has 1 aliphatic carbocycles. The largest absolute Gasteiger partial charge is 0.363 e. The van der Waals surface area contributed by atoms with Crippen molar-refractivity contribution < 1.29 is 9.53 Å². The predicted octanol–water partition coefficient (Wildman–Crippen LogP) is 0.821. The van der Waals surface area contributed by atoms with Gasteiger partial charge in [0.15, 0.2) is 0 Å². The van der Waals surface area contributed by atoms with Gasteiger partial charge in [0, 0.05) is 44.0 Å². The second-order valence-electron chi connectivity index (χ2n) is 6.87. The summed E-state index contributed by atoms with van der Waals surface area (Å²) in [6, 6.07) is 0.865. The molecule has 2 saturated heterocycles. The highest BCUT2D eigenvalue weighted by Gasteiger charge is 2.42. The molecule has 3 aliphatic rings. The Kier molecular flexibility index (Phi) is 3.66. The number of hydrogen-bond acceptors (Lipinski definition) is 4. The number of fused-ring (bicyclic) bond motifs is 1. The molecule has 1 aromatic rings. The van der Waals surface area contributed by atoms with Gasteiger partial charge in [-0.3, -0.25) is 14.4 Å². The van der Waals surface area contributed by atoms with Crippen LogP contribution in [0.5, 0.6) is 0 Å². The van der Waals surface area contributed by atoms with Gasteiger partial charge in [-0.2, -0.15) is 5.10 Å². The van der Waals surface area contributed by atoms with Crippen molar-refractivity contribution in [2.45, 2.75) is 62.9 Å². The third-order valence-electron chi connectivity index (χ3n) is 5.02. The van der Waals surface area contributed by atoms with Crippen molar-refractivity contribution in [1.82, 2.24) is 20.0 Å². The Hall–Kier alpha value is -1.40. The minimum Gasteiger partial charge on any atom is -0.363 e. The van der Waals surface area contributed by atoms with Crippen LogP contribution in [-0.2, 0) is 23.1 Å². The molecule has 3 heterocycles. The van der Waals surface area contributed by atoms with Gasteiger partial charge in [0.25, 0.3) is 0 Å². The van der Waals surface area contributed by atoms with Crippen LogP contribution >= 0.6 is 0 Å². The molecule has 22 heavy (non-hydrogen) atoms. The Morgan fingerprint density at radius 3 is 2.95 bits per heavy atom. The lowest BCUT2D eigenvalue weighted by molar-refractivity contribution is -0.144. The van der Waals surface area contributed by atoms with Gasteiger partial charge in [-0.25, -0.2) is 0 Å². The molecule has 0 bridgehead atoms. The van der Waals surface area contributed by atoms with Crippen molar-refractivity contribution in [1.29, 1.82) is 0 Å². The molecule has 2 aliphatic heterocycles. The number of carbonyl (C=O) groups excluding carboxylic acids is 1. The fraction of sp³-hybridized carbons (Fsp3) is 0.750. The highest BCUT2D eigenvalue weighted by Crippen LogP contribution is 2.33. The Morgan fingerprint density at radius 1 is 1.36 bits per heavy atom. The van der Waals surface area contributed by atoms with Crippen LogP contribution in [0.3, 0.4) is 0 Å². The monoisotopic (exact) mass is 304 g/mol. The molecule has 0 unspecified atom stereocenters. The summed E-state index contributed by atoms with van der Waals surface area (Å²) in [6.45, 7) is 1.97. The molecule has 1 N–H and O–H groups in total. The van der Waals surface area contributed by atoms with Gasteiger partial charge < -0.3 is 10.1 Å². The van der Waals surface area contributed by atoms with Crippen LogP contribution in [0.4, 0.5) is 0 Å².